The van der Waals surface area contributed by atoms with E-state index < -0.39 is 6.04 Å². The van der Waals surface area contributed by atoms with Gasteiger partial charge < -0.3 is 10.2 Å². The summed E-state index contributed by atoms with van der Waals surface area (Å²) in [6, 6.07) is 6.82. The summed E-state index contributed by atoms with van der Waals surface area (Å²) in [6.07, 6.45) is 6.81. The molecule has 2 aliphatic rings. The molecule has 1 saturated carbocycles. The number of rotatable bonds is 5. The Bertz CT molecular complexity index is 678. The van der Waals surface area contributed by atoms with E-state index in [4.69, 9.17) is 11.6 Å². The predicted octanol–water partition coefficient (Wildman–Crippen LogP) is 4.72. The van der Waals surface area contributed by atoms with Crippen LogP contribution >= 0.6 is 23.4 Å². The Kier molecular flexibility index (Phi) is 7.10. The van der Waals surface area contributed by atoms with Crippen LogP contribution in [0.25, 0.3) is 0 Å². The molecule has 0 aromatic heterocycles. The second-order valence-electron chi connectivity index (χ2n) is 7.65. The zero-order valence-corrected chi connectivity index (χ0v) is 17.7. The fraction of sp³-hybridized carbons (Fsp3) is 0.619. The third-order valence-electron chi connectivity index (χ3n) is 5.73. The van der Waals surface area contributed by atoms with E-state index in [1.165, 1.54) is 19.3 Å². The number of carbonyl (C=O) groups is 2. The maximum atomic E-state index is 13.4. The minimum atomic E-state index is -0.431. The quantitative estimate of drug-likeness (QED) is 0.766. The lowest BCUT2D eigenvalue weighted by Crippen LogP contribution is -2.52. The fourth-order valence-corrected chi connectivity index (χ4v) is 5.84. The molecule has 1 saturated heterocycles. The third kappa shape index (κ3) is 4.62. The second-order valence-corrected chi connectivity index (χ2v) is 9.20. The van der Waals surface area contributed by atoms with E-state index in [0.29, 0.717) is 22.3 Å². The highest BCUT2D eigenvalue weighted by molar-refractivity contribution is 8.00. The van der Waals surface area contributed by atoms with Gasteiger partial charge in [-0.05, 0) is 44.2 Å². The van der Waals surface area contributed by atoms with E-state index in [9.17, 15) is 9.59 Å². The Hall–Kier alpha value is -1.20. The van der Waals surface area contributed by atoms with Crippen LogP contribution in [-0.4, -0.2) is 39.9 Å². The molecule has 1 aromatic carbocycles. The number of thioether (sulfide) groups is 1. The van der Waals surface area contributed by atoms with Crippen molar-refractivity contribution >= 4 is 35.2 Å². The molecule has 6 heteroatoms. The molecule has 2 amide bonds. The van der Waals surface area contributed by atoms with E-state index in [2.05, 4.69) is 5.32 Å². The summed E-state index contributed by atoms with van der Waals surface area (Å²) < 4.78 is 0. The van der Waals surface area contributed by atoms with Crippen LogP contribution in [0, 0.1) is 5.92 Å². The predicted molar refractivity (Wildman–Crippen MR) is 112 cm³/mol. The SMILES string of the molecule is CC[C@@H](C)NC(=O)[C@H]1CS[C@H](C2CCCCC2)N1C(=O)c1ccccc1Cl. The van der Waals surface area contributed by atoms with E-state index in [0.717, 1.165) is 19.3 Å². The van der Waals surface area contributed by atoms with Gasteiger partial charge in [0.15, 0.2) is 0 Å². The van der Waals surface area contributed by atoms with Gasteiger partial charge in [-0.15, -0.1) is 11.8 Å². The third-order valence-corrected chi connectivity index (χ3v) is 7.52. The minimum absolute atomic E-state index is 0.0458. The lowest BCUT2D eigenvalue weighted by Gasteiger charge is -2.36. The summed E-state index contributed by atoms with van der Waals surface area (Å²) in [5.74, 6) is 0.942. The number of hydrogen-bond acceptors (Lipinski definition) is 3. The molecule has 4 nitrogen and oxygen atoms in total. The molecule has 0 unspecified atom stereocenters. The van der Waals surface area contributed by atoms with Crippen LogP contribution in [0.3, 0.4) is 0 Å². The maximum absolute atomic E-state index is 13.4. The van der Waals surface area contributed by atoms with Crippen molar-refractivity contribution < 1.29 is 9.59 Å². The highest BCUT2D eigenvalue weighted by atomic mass is 35.5. The van der Waals surface area contributed by atoms with Gasteiger partial charge in [0, 0.05) is 11.8 Å². The molecule has 148 valence electrons. The summed E-state index contributed by atoms with van der Waals surface area (Å²) in [7, 11) is 0. The molecule has 27 heavy (non-hydrogen) atoms. The molecule has 0 bridgehead atoms. The number of carbonyl (C=O) groups excluding carboxylic acids is 2. The monoisotopic (exact) mass is 408 g/mol. The van der Waals surface area contributed by atoms with Crippen LogP contribution in [0.5, 0.6) is 0 Å². The van der Waals surface area contributed by atoms with Crippen molar-refractivity contribution in [3.63, 3.8) is 0 Å². The van der Waals surface area contributed by atoms with E-state index in [1.54, 1.807) is 23.9 Å². The van der Waals surface area contributed by atoms with Crippen LogP contribution in [-0.2, 0) is 4.79 Å². The van der Waals surface area contributed by atoms with Crippen molar-refractivity contribution in [2.75, 3.05) is 5.75 Å². The molecule has 1 N–H and O–H groups in total. The highest BCUT2D eigenvalue weighted by Gasteiger charge is 2.45. The summed E-state index contributed by atoms with van der Waals surface area (Å²) in [4.78, 5) is 28.2. The van der Waals surface area contributed by atoms with Gasteiger partial charge in [0.25, 0.3) is 5.91 Å². The first-order chi connectivity index (χ1) is 13.0. The van der Waals surface area contributed by atoms with Crippen LogP contribution in [0.15, 0.2) is 24.3 Å². The molecule has 1 aliphatic carbocycles. The van der Waals surface area contributed by atoms with Gasteiger partial charge in [0.2, 0.25) is 5.91 Å². The van der Waals surface area contributed by atoms with E-state index in [-0.39, 0.29) is 23.2 Å². The molecule has 0 spiro atoms. The number of amides is 2. The Labute approximate surface area is 171 Å². The highest BCUT2D eigenvalue weighted by Crippen LogP contribution is 2.41. The molecule has 1 heterocycles. The fourth-order valence-electron chi connectivity index (χ4n) is 3.98. The van der Waals surface area contributed by atoms with Gasteiger partial charge in [-0.3, -0.25) is 9.59 Å². The van der Waals surface area contributed by atoms with Crippen LogP contribution in [0.2, 0.25) is 5.02 Å². The molecular formula is C21H29ClN2O2S. The molecular weight excluding hydrogens is 380 g/mol. The summed E-state index contributed by atoms with van der Waals surface area (Å²) in [6.45, 7) is 4.05. The number of nitrogens with zero attached hydrogens (tertiary/aromatic N) is 1. The normalized spacial score (nSPS) is 24.6. The smallest absolute Gasteiger partial charge is 0.256 e. The van der Waals surface area contributed by atoms with E-state index >= 15 is 0 Å². The van der Waals surface area contributed by atoms with Crippen molar-refractivity contribution in [2.45, 2.75) is 69.8 Å². The Morgan fingerprint density at radius 2 is 1.96 bits per heavy atom. The van der Waals surface area contributed by atoms with Crippen molar-refractivity contribution in [2.24, 2.45) is 5.92 Å². The van der Waals surface area contributed by atoms with Crippen molar-refractivity contribution in [3.8, 4) is 0 Å². The number of benzene rings is 1. The van der Waals surface area contributed by atoms with Gasteiger partial charge in [-0.2, -0.15) is 0 Å². The van der Waals surface area contributed by atoms with Crippen molar-refractivity contribution in [3.05, 3.63) is 34.9 Å². The van der Waals surface area contributed by atoms with Gasteiger partial charge >= 0.3 is 0 Å². The average Bonchev–Trinajstić information content (AvgIpc) is 3.13. The first kappa shape index (κ1) is 20.5. The summed E-state index contributed by atoms with van der Waals surface area (Å²) in [5, 5.41) is 3.57. The zero-order valence-electron chi connectivity index (χ0n) is 16.1. The van der Waals surface area contributed by atoms with Gasteiger partial charge in [-0.25, -0.2) is 0 Å². The number of hydrogen-bond donors (Lipinski definition) is 1. The van der Waals surface area contributed by atoms with Gasteiger partial charge in [0.05, 0.1) is 16.0 Å². The topological polar surface area (TPSA) is 49.4 Å². The number of halogens is 1. The number of nitrogens with one attached hydrogen (secondary N) is 1. The van der Waals surface area contributed by atoms with E-state index in [1.807, 2.05) is 30.9 Å². The molecule has 1 aliphatic heterocycles. The molecule has 0 radical (unpaired) electrons. The Morgan fingerprint density at radius 1 is 1.26 bits per heavy atom. The summed E-state index contributed by atoms with van der Waals surface area (Å²) in [5.41, 5.74) is 0.490. The lowest BCUT2D eigenvalue weighted by molar-refractivity contribution is -0.125. The minimum Gasteiger partial charge on any atom is -0.352 e. The van der Waals surface area contributed by atoms with Crippen molar-refractivity contribution in [1.29, 1.82) is 0 Å². The first-order valence-electron chi connectivity index (χ1n) is 10.0. The molecule has 3 atom stereocenters. The Balaban J connectivity index is 1.88. The van der Waals surface area contributed by atoms with Crippen molar-refractivity contribution in [1.82, 2.24) is 10.2 Å². The summed E-state index contributed by atoms with van der Waals surface area (Å²) >= 11 is 8.07. The first-order valence-corrected chi connectivity index (χ1v) is 11.4. The zero-order chi connectivity index (χ0) is 19.4. The van der Waals surface area contributed by atoms with Crippen LogP contribution in [0.4, 0.5) is 0 Å². The van der Waals surface area contributed by atoms with Crippen LogP contribution in [0.1, 0.15) is 62.7 Å². The standard InChI is InChI=1S/C21H29ClN2O2S/c1-3-14(2)23-19(25)18-13-27-21(15-9-5-4-6-10-15)24(18)20(26)16-11-7-8-12-17(16)22/h7-8,11-12,14-15,18,21H,3-6,9-10,13H2,1-2H3,(H,23,25)/t14-,18-,21-/m1/s1. The second kappa shape index (κ2) is 9.33. The maximum Gasteiger partial charge on any atom is 0.256 e. The molecule has 3 rings (SSSR count). The molecule has 1 aromatic rings. The van der Waals surface area contributed by atoms with Gasteiger partial charge in [-0.1, -0.05) is 49.9 Å². The molecule has 2 fully saturated rings. The van der Waals surface area contributed by atoms with Crippen LogP contribution < -0.4 is 5.32 Å². The largest absolute Gasteiger partial charge is 0.352 e. The lowest BCUT2D eigenvalue weighted by atomic mass is 9.88. The average molecular weight is 409 g/mol. The Morgan fingerprint density at radius 3 is 2.63 bits per heavy atom. The van der Waals surface area contributed by atoms with Gasteiger partial charge in [0.1, 0.15) is 6.04 Å².